The summed E-state index contributed by atoms with van der Waals surface area (Å²) in [5, 5.41) is 12.7. The molecule has 1 fully saturated rings. The normalized spacial score (nSPS) is 17.3. The van der Waals surface area contributed by atoms with Gasteiger partial charge in [0.1, 0.15) is 17.7 Å². The Morgan fingerprint density at radius 3 is 2.39 bits per heavy atom. The van der Waals surface area contributed by atoms with E-state index in [1.54, 1.807) is 0 Å². The predicted octanol–water partition coefficient (Wildman–Crippen LogP) is 2.81. The number of hydrogen-bond acceptors (Lipinski definition) is 7. The highest BCUT2D eigenvalue weighted by atomic mass is 16.2. The number of amides is 2. The van der Waals surface area contributed by atoms with Gasteiger partial charge in [0, 0.05) is 63.2 Å². The Labute approximate surface area is 223 Å². The molecule has 5 rings (SSSR count). The highest BCUT2D eigenvalue weighted by molar-refractivity contribution is 5.88. The molecular formula is C29H35N7O2. The van der Waals surface area contributed by atoms with E-state index in [2.05, 4.69) is 50.4 Å². The average molecular weight is 514 g/mol. The van der Waals surface area contributed by atoms with Crippen LogP contribution in [0.5, 0.6) is 0 Å². The van der Waals surface area contributed by atoms with Gasteiger partial charge in [-0.1, -0.05) is 60.7 Å². The minimum Gasteiger partial charge on any atom is -0.368 e. The topological polar surface area (TPSA) is 111 Å². The number of carbonyl (C=O) groups is 2. The van der Waals surface area contributed by atoms with Crippen LogP contribution in [-0.2, 0) is 22.6 Å². The smallest absolute Gasteiger partial charge is 0.243 e. The summed E-state index contributed by atoms with van der Waals surface area (Å²) in [6.07, 6.45) is 2.38. The third-order valence-corrected chi connectivity index (χ3v) is 7.05. The molecule has 9 nitrogen and oxygen atoms in total. The fraction of sp³-hybridized carbons (Fsp3) is 0.379. The fourth-order valence-electron chi connectivity index (χ4n) is 5.04. The molecule has 38 heavy (non-hydrogen) atoms. The Morgan fingerprint density at radius 2 is 1.68 bits per heavy atom. The molecule has 9 heteroatoms. The van der Waals surface area contributed by atoms with Crippen LogP contribution in [-0.4, -0.2) is 64.9 Å². The molecule has 4 N–H and O–H groups in total. The van der Waals surface area contributed by atoms with Gasteiger partial charge in [0.15, 0.2) is 5.82 Å². The van der Waals surface area contributed by atoms with Gasteiger partial charge in [-0.15, -0.1) is 0 Å². The van der Waals surface area contributed by atoms with Crippen molar-refractivity contribution >= 4 is 23.5 Å². The van der Waals surface area contributed by atoms with Crippen LogP contribution >= 0.6 is 0 Å². The molecule has 1 atom stereocenters. The molecule has 2 aromatic carbocycles. The standard InChI is InChI=1S/C29H35N7O2/c1-20(37)30-14-15-31-27-24-18-25(33-28(24)35-26(34-27)22-10-6-3-7-11-22)29(38)32-23-12-16-36(17-13-23)19-21-8-4-2-5-9-21/h2-11,23,25H,12-19H2,1H3,(H,30,37)(H,32,38)(H2,31,33,34,35). The maximum Gasteiger partial charge on any atom is 0.243 e. The van der Waals surface area contributed by atoms with Crippen molar-refractivity contribution in [3.63, 3.8) is 0 Å². The molecule has 1 unspecified atom stereocenters. The van der Waals surface area contributed by atoms with Crippen molar-refractivity contribution in [3.05, 3.63) is 71.8 Å². The minimum absolute atomic E-state index is 0.00466. The number of likely N-dealkylation sites (tertiary alicyclic amines) is 1. The van der Waals surface area contributed by atoms with E-state index < -0.39 is 6.04 Å². The SMILES string of the molecule is CC(=O)NCCNc1nc(-c2ccccc2)nc2c1CC(C(=O)NC1CCN(Cc3ccccc3)CC1)N2. The van der Waals surface area contributed by atoms with Gasteiger partial charge in [0.05, 0.1) is 0 Å². The number of nitrogens with one attached hydrogen (secondary N) is 4. The molecule has 1 aromatic heterocycles. The highest BCUT2D eigenvalue weighted by Gasteiger charge is 2.33. The number of benzene rings is 2. The third-order valence-electron chi connectivity index (χ3n) is 7.05. The molecule has 0 aliphatic carbocycles. The summed E-state index contributed by atoms with van der Waals surface area (Å²) in [4.78, 5) is 36.5. The second kappa shape index (κ2) is 12.0. The molecule has 0 bridgehead atoms. The van der Waals surface area contributed by atoms with E-state index >= 15 is 0 Å². The van der Waals surface area contributed by atoms with E-state index in [1.165, 1.54) is 12.5 Å². The van der Waals surface area contributed by atoms with Crippen molar-refractivity contribution in [2.75, 3.05) is 36.8 Å². The Kier molecular flexibility index (Phi) is 8.13. The molecule has 3 heterocycles. The summed E-state index contributed by atoms with van der Waals surface area (Å²) in [6, 6.07) is 20.1. The zero-order valence-electron chi connectivity index (χ0n) is 21.7. The Balaban J connectivity index is 1.21. The molecule has 2 aliphatic rings. The lowest BCUT2D eigenvalue weighted by Crippen LogP contribution is -2.48. The first-order chi connectivity index (χ1) is 18.5. The van der Waals surface area contributed by atoms with E-state index in [0.29, 0.717) is 37.0 Å². The van der Waals surface area contributed by atoms with Crippen LogP contribution in [0.3, 0.4) is 0 Å². The number of rotatable bonds is 9. The van der Waals surface area contributed by atoms with Crippen LogP contribution in [0.4, 0.5) is 11.6 Å². The van der Waals surface area contributed by atoms with Crippen LogP contribution in [0, 0.1) is 0 Å². The van der Waals surface area contributed by atoms with E-state index in [-0.39, 0.29) is 17.9 Å². The molecule has 0 saturated carbocycles. The minimum atomic E-state index is -0.399. The lowest BCUT2D eigenvalue weighted by Gasteiger charge is -2.32. The van der Waals surface area contributed by atoms with E-state index in [9.17, 15) is 9.59 Å². The number of nitrogens with zero attached hydrogens (tertiary/aromatic N) is 3. The largest absolute Gasteiger partial charge is 0.368 e. The van der Waals surface area contributed by atoms with E-state index in [0.717, 1.165) is 43.6 Å². The van der Waals surface area contributed by atoms with Gasteiger partial charge in [-0.2, -0.15) is 0 Å². The highest BCUT2D eigenvalue weighted by Crippen LogP contribution is 2.32. The van der Waals surface area contributed by atoms with Crippen molar-refractivity contribution in [1.82, 2.24) is 25.5 Å². The number of piperidine rings is 1. The molecule has 2 aliphatic heterocycles. The quantitative estimate of drug-likeness (QED) is 0.326. The number of carbonyl (C=O) groups excluding carboxylic acids is 2. The second-order valence-corrected chi connectivity index (χ2v) is 9.94. The molecule has 0 spiro atoms. The summed E-state index contributed by atoms with van der Waals surface area (Å²) in [5.74, 6) is 1.88. The van der Waals surface area contributed by atoms with Crippen LogP contribution in [0.2, 0.25) is 0 Å². The van der Waals surface area contributed by atoms with E-state index in [4.69, 9.17) is 9.97 Å². The van der Waals surface area contributed by atoms with Crippen molar-refractivity contribution in [1.29, 1.82) is 0 Å². The van der Waals surface area contributed by atoms with Crippen molar-refractivity contribution in [2.24, 2.45) is 0 Å². The number of hydrogen-bond donors (Lipinski definition) is 4. The van der Waals surface area contributed by atoms with E-state index in [1.807, 2.05) is 36.4 Å². The summed E-state index contributed by atoms with van der Waals surface area (Å²) in [5.41, 5.74) is 3.11. The number of fused-ring (bicyclic) bond motifs is 1. The van der Waals surface area contributed by atoms with Gasteiger partial charge < -0.3 is 21.3 Å². The molecular weight excluding hydrogens is 478 g/mol. The zero-order chi connectivity index (χ0) is 26.3. The molecule has 3 aromatic rings. The van der Waals surface area contributed by atoms with Crippen LogP contribution < -0.4 is 21.3 Å². The number of anilines is 2. The van der Waals surface area contributed by atoms with Crippen molar-refractivity contribution in [3.8, 4) is 11.4 Å². The maximum absolute atomic E-state index is 13.3. The first-order valence-corrected chi connectivity index (χ1v) is 13.3. The summed E-state index contributed by atoms with van der Waals surface area (Å²) in [6.45, 7) is 5.38. The first-order valence-electron chi connectivity index (χ1n) is 13.3. The zero-order valence-corrected chi connectivity index (χ0v) is 21.7. The number of aromatic nitrogens is 2. The molecule has 0 radical (unpaired) electrons. The van der Waals surface area contributed by atoms with Gasteiger partial charge in [-0.05, 0) is 18.4 Å². The average Bonchev–Trinajstić information content (AvgIpc) is 3.38. The van der Waals surface area contributed by atoms with Gasteiger partial charge in [-0.3, -0.25) is 14.5 Å². The Hall–Kier alpha value is -3.98. The van der Waals surface area contributed by atoms with Crippen LogP contribution in [0.25, 0.3) is 11.4 Å². The molecule has 2 amide bonds. The maximum atomic E-state index is 13.3. The monoisotopic (exact) mass is 513 g/mol. The Bertz CT molecular complexity index is 1240. The van der Waals surface area contributed by atoms with Crippen molar-refractivity contribution in [2.45, 2.75) is 44.8 Å². The summed E-state index contributed by atoms with van der Waals surface area (Å²) < 4.78 is 0. The summed E-state index contributed by atoms with van der Waals surface area (Å²) >= 11 is 0. The Morgan fingerprint density at radius 1 is 0.974 bits per heavy atom. The van der Waals surface area contributed by atoms with Gasteiger partial charge in [0.25, 0.3) is 0 Å². The van der Waals surface area contributed by atoms with Gasteiger partial charge in [0.2, 0.25) is 11.8 Å². The first kappa shape index (κ1) is 25.7. The lowest BCUT2D eigenvalue weighted by atomic mass is 10.0. The molecule has 198 valence electrons. The fourth-order valence-corrected chi connectivity index (χ4v) is 5.04. The predicted molar refractivity (Wildman–Crippen MR) is 149 cm³/mol. The second-order valence-electron chi connectivity index (χ2n) is 9.94. The van der Waals surface area contributed by atoms with Gasteiger partial charge >= 0.3 is 0 Å². The van der Waals surface area contributed by atoms with Crippen molar-refractivity contribution < 1.29 is 9.59 Å². The van der Waals surface area contributed by atoms with Crippen LogP contribution in [0.1, 0.15) is 30.9 Å². The van der Waals surface area contributed by atoms with Gasteiger partial charge in [-0.25, -0.2) is 9.97 Å². The third kappa shape index (κ3) is 6.47. The van der Waals surface area contributed by atoms with Crippen LogP contribution in [0.15, 0.2) is 60.7 Å². The molecule has 1 saturated heterocycles. The summed E-state index contributed by atoms with van der Waals surface area (Å²) in [7, 11) is 0. The lowest BCUT2D eigenvalue weighted by molar-refractivity contribution is -0.122.